The van der Waals surface area contributed by atoms with Crippen molar-refractivity contribution < 1.29 is 9.53 Å². The lowest BCUT2D eigenvalue weighted by Crippen LogP contribution is -2.48. The third-order valence-corrected chi connectivity index (χ3v) is 5.30. The zero-order valence-corrected chi connectivity index (χ0v) is 15.6. The van der Waals surface area contributed by atoms with Gasteiger partial charge in [0.05, 0.1) is 23.3 Å². The first-order valence-electron chi connectivity index (χ1n) is 7.49. The molecule has 0 atom stereocenters. The van der Waals surface area contributed by atoms with Crippen LogP contribution in [-0.2, 0) is 4.79 Å². The van der Waals surface area contributed by atoms with E-state index in [4.69, 9.17) is 4.74 Å². The van der Waals surface area contributed by atoms with Crippen molar-refractivity contribution in [2.75, 3.05) is 38.2 Å². The summed E-state index contributed by atoms with van der Waals surface area (Å²) in [6.45, 7) is 2.78. The van der Waals surface area contributed by atoms with Crippen LogP contribution in [0.1, 0.15) is 4.88 Å². The molecule has 0 unspecified atom stereocenters. The van der Waals surface area contributed by atoms with Crippen molar-refractivity contribution in [2.45, 2.75) is 0 Å². The van der Waals surface area contributed by atoms with Gasteiger partial charge in [-0.2, -0.15) is 4.98 Å². The Morgan fingerprint density at radius 1 is 1.29 bits per heavy atom. The van der Waals surface area contributed by atoms with E-state index in [2.05, 4.69) is 30.8 Å². The highest BCUT2D eigenvalue weighted by Gasteiger charge is 2.21. The van der Waals surface area contributed by atoms with E-state index in [1.807, 2.05) is 23.1 Å². The molecule has 24 heavy (non-hydrogen) atoms. The second-order valence-electron chi connectivity index (χ2n) is 5.21. The smallest absolute Gasteiger partial charge is 0.246 e. The molecule has 1 aliphatic rings. The predicted octanol–water partition coefficient (Wildman–Crippen LogP) is 2.67. The van der Waals surface area contributed by atoms with Crippen LogP contribution in [0.3, 0.4) is 0 Å². The van der Waals surface area contributed by atoms with Crippen LogP contribution in [-0.4, -0.2) is 54.1 Å². The molecule has 0 bridgehead atoms. The fourth-order valence-electron chi connectivity index (χ4n) is 2.42. The molecular weight excluding hydrogens is 392 g/mol. The molecular formula is C16H17BrN4O2S. The summed E-state index contributed by atoms with van der Waals surface area (Å²) in [5, 5.41) is 0. The van der Waals surface area contributed by atoms with E-state index >= 15 is 0 Å². The zero-order chi connectivity index (χ0) is 16.9. The number of hydrogen-bond acceptors (Lipinski definition) is 6. The summed E-state index contributed by atoms with van der Waals surface area (Å²) in [5.74, 6) is 1.31. The number of nitrogens with zero attached hydrogens (tertiary/aromatic N) is 4. The molecule has 0 saturated carbocycles. The first kappa shape index (κ1) is 16.9. The number of carbonyl (C=O) groups excluding carboxylic acids is 1. The highest BCUT2D eigenvalue weighted by molar-refractivity contribution is 9.11. The molecule has 0 aromatic carbocycles. The number of rotatable bonds is 4. The van der Waals surface area contributed by atoms with Crippen molar-refractivity contribution in [2.24, 2.45) is 0 Å². The lowest BCUT2D eigenvalue weighted by Gasteiger charge is -2.34. The van der Waals surface area contributed by atoms with E-state index in [-0.39, 0.29) is 5.91 Å². The normalized spacial score (nSPS) is 15.1. The molecule has 0 N–H and O–H groups in total. The zero-order valence-electron chi connectivity index (χ0n) is 13.2. The first-order valence-corrected chi connectivity index (χ1v) is 9.10. The predicted molar refractivity (Wildman–Crippen MR) is 98.4 cm³/mol. The summed E-state index contributed by atoms with van der Waals surface area (Å²) in [6, 6.07) is 3.96. The van der Waals surface area contributed by atoms with Gasteiger partial charge in [0.25, 0.3) is 0 Å². The number of amides is 1. The quantitative estimate of drug-likeness (QED) is 0.727. The van der Waals surface area contributed by atoms with E-state index in [9.17, 15) is 4.79 Å². The van der Waals surface area contributed by atoms with Crippen molar-refractivity contribution in [3.63, 3.8) is 0 Å². The van der Waals surface area contributed by atoms with E-state index < -0.39 is 0 Å². The maximum atomic E-state index is 12.3. The Bertz CT molecular complexity index is 741. The van der Waals surface area contributed by atoms with Gasteiger partial charge in [-0.3, -0.25) is 9.78 Å². The Balaban J connectivity index is 1.56. The highest BCUT2D eigenvalue weighted by atomic mass is 79.9. The minimum Gasteiger partial charge on any atom is -0.480 e. The minimum atomic E-state index is 0.0379. The summed E-state index contributed by atoms with van der Waals surface area (Å²) in [6.07, 6.45) is 6.79. The number of ether oxygens (including phenoxy) is 1. The Hall–Kier alpha value is -1.93. The fraction of sp³-hybridized carbons (Fsp3) is 0.312. The Labute approximate surface area is 152 Å². The molecule has 0 radical (unpaired) electrons. The van der Waals surface area contributed by atoms with Gasteiger partial charge in [0, 0.05) is 37.1 Å². The fourth-order valence-corrected chi connectivity index (χ4v) is 3.75. The van der Waals surface area contributed by atoms with Gasteiger partial charge in [-0.15, -0.1) is 11.3 Å². The number of hydrogen-bond donors (Lipinski definition) is 0. The Morgan fingerprint density at radius 3 is 2.75 bits per heavy atom. The van der Waals surface area contributed by atoms with Crippen LogP contribution in [0.2, 0.25) is 0 Å². The maximum absolute atomic E-state index is 12.3. The molecule has 1 fully saturated rings. The van der Waals surface area contributed by atoms with Gasteiger partial charge in [-0.1, -0.05) is 0 Å². The van der Waals surface area contributed by atoms with Crippen molar-refractivity contribution in [1.82, 2.24) is 14.9 Å². The monoisotopic (exact) mass is 408 g/mol. The molecule has 2 aromatic heterocycles. The van der Waals surface area contributed by atoms with Gasteiger partial charge >= 0.3 is 0 Å². The van der Waals surface area contributed by atoms with Gasteiger partial charge in [0.2, 0.25) is 11.8 Å². The number of aromatic nitrogens is 2. The third kappa shape index (κ3) is 4.12. The third-order valence-electron chi connectivity index (χ3n) is 3.71. The second-order valence-corrected chi connectivity index (χ2v) is 7.70. The molecule has 0 spiro atoms. The minimum absolute atomic E-state index is 0.0379. The average molecular weight is 409 g/mol. The maximum Gasteiger partial charge on any atom is 0.246 e. The van der Waals surface area contributed by atoms with Crippen LogP contribution in [0.15, 0.2) is 34.4 Å². The largest absolute Gasteiger partial charge is 0.480 e. The molecule has 126 valence electrons. The molecule has 6 nitrogen and oxygen atoms in total. The molecule has 3 rings (SSSR count). The SMILES string of the molecule is COc1cncc(N2CCN(C(=O)C=Cc3ccc(Br)s3)CC2)n1. The number of anilines is 1. The summed E-state index contributed by atoms with van der Waals surface area (Å²) < 4.78 is 6.16. The lowest BCUT2D eigenvalue weighted by molar-refractivity contribution is -0.126. The van der Waals surface area contributed by atoms with Crippen LogP contribution in [0.25, 0.3) is 6.08 Å². The molecule has 8 heteroatoms. The number of piperazine rings is 1. The summed E-state index contributed by atoms with van der Waals surface area (Å²) in [7, 11) is 1.57. The molecule has 0 aliphatic carbocycles. The van der Waals surface area contributed by atoms with Crippen LogP contribution in [0.5, 0.6) is 5.88 Å². The van der Waals surface area contributed by atoms with Crippen molar-refractivity contribution in [3.05, 3.63) is 39.3 Å². The van der Waals surface area contributed by atoms with Crippen LogP contribution in [0.4, 0.5) is 5.82 Å². The Kier molecular flexibility index (Phi) is 5.47. The number of carbonyl (C=O) groups is 1. The summed E-state index contributed by atoms with van der Waals surface area (Å²) in [4.78, 5) is 25.8. The number of halogens is 1. The summed E-state index contributed by atoms with van der Waals surface area (Å²) in [5.41, 5.74) is 0. The second kappa shape index (κ2) is 7.76. The molecule has 1 amide bonds. The lowest BCUT2D eigenvalue weighted by atomic mass is 10.3. The van der Waals surface area contributed by atoms with Gasteiger partial charge in [0.15, 0.2) is 5.82 Å². The highest BCUT2D eigenvalue weighted by Crippen LogP contribution is 2.23. The van der Waals surface area contributed by atoms with E-state index in [1.54, 1.807) is 36.9 Å². The van der Waals surface area contributed by atoms with E-state index in [0.717, 1.165) is 27.6 Å². The van der Waals surface area contributed by atoms with Crippen molar-refractivity contribution >= 4 is 45.1 Å². The number of thiophene rings is 1. The van der Waals surface area contributed by atoms with Gasteiger partial charge in [-0.05, 0) is 34.1 Å². The first-order chi connectivity index (χ1) is 11.7. The topological polar surface area (TPSA) is 58.6 Å². The Morgan fingerprint density at radius 2 is 2.08 bits per heavy atom. The summed E-state index contributed by atoms with van der Waals surface area (Å²) >= 11 is 5.02. The van der Waals surface area contributed by atoms with Gasteiger partial charge in [-0.25, -0.2) is 0 Å². The van der Waals surface area contributed by atoms with Gasteiger partial charge in [0.1, 0.15) is 0 Å². The standard InChI is InChI=1S/C16H17BrN4O2S/c1-23-15-11-18-10-14(19-15)20-6-8-21(9-7-20)16(22)5-3-12-2-4-13(17)24-12/h2-5,10-11H,6-9H2,1H3. The van der Waals surface area contributed by atoms with Crippen LogP contribution < -0.4 is 9.64 Å². The molecule has 3 heterocycles. The van der Waals surface area contributed by atoms with Crippen molar-refractivity contribution in [3.8, 4) is 5.88 Å². The van der Waals surface area contributed by atoms with Gasteiger partial charge < -0.3 is 14.5 Å². The molecule has 1 aliphatic heterocycles. The molecule has 2 aromatic rings. The van der Waals surface area contributed by atoms with E-state index in [0.29, 0.717) is 19.0 Å². The number of methoxy groups -OCH3 is 1. The van der Waals surface area contributed by atoms with Crippen LogP contribution >= 0.6 is 27.3 Å². The van der Waals surface area contributed by atoms with Crippen molar-refractivity contribution in [1.29, 1.82) is 0 Å². The molecule has 1 saturated heterocycles. The average Bonchev–Trinajstić information content (AvgIpc) is 3.05. The van der Waals surface area contributed by atoms with Crippen LogP contribution in [0, 0.1) is 0 Å². The van der Waals surface area contributed by atoms with E-state index in [1.165, 1.54) is 0 Å².